The van der Waals surface area contributed by atoms with Crippen LogP contribution in [0.25, 0.3) is 0 Å². The summed E-state index contributed by atoms with van der Waals surface area (Å²) in [4.78, 5) is 23.3. The van der Waals surface area contributed by atoms with Gasteiger partial charge in [-0.15, -0.1) is 0 Å². The largest absolute Gasteiger partial charge is 0.481 e. The molecule has 3 atom stereocenters. The highest BCUT2D eigenvalue weighted by Crippen LogP contribution is 2.30. The van der Waals surface area contributed by atoms with Gasteiger partial charge in [0.15, 0.2) is 0 Å². The maximum atomic E-state index is 12.2. The quantitative estimate of drug-likeness (QED) is 0.479. The third-order valence-corrected chi connectivity index (χ3v) is 4.73. The van der Waals surface area contributed by atoms with Crippen LogP contribution in [0.5, 0.6) is 0 Å². The van der Waals surface area contributed by atoms with E-state index in [-0.39, 0.29) is 17.8 Å². The summed E-state index contributed by atoms with van der Waals surface area (Å²) >= 11 is 0. The summed E-state index contributed by atoms with van der Waals surface area (Å²) in [7, 11) is 0. The van der Waals surface area contributed by atoms with Crippen molar-refractivity contribution in [1.82, 2.24) is 0 Å². The Balaban J connectivity index is 2.36. The summed E-state index contributed by atoms with van der Waals surface area (Å²) in [5, 5.41) is 9.09. The predicted octanol–water partition coefficient (Wildman–Crippen LogP) is 4.42. The summed E-state index contributed by atoms with van der Waals surface area (Å²) in [5.74, 6) is -1.09. The number of hydrogen-bond acceptors (Lipinski definition) is 3. The van der Waals surface area contributed by atoms with E-state index in [0.29, 0.717) is 25.4 Å². The van der Waals surface area contributed by atoms with Gasteiger partial charge in [-0.1, -0.05) is 46.0 Å². The number of aliphatic carboxylic acids is 1. The number of carboxylic acids is 1. The fourth-order valence-electron chi connectivity index (χ4n) is 3.35. The lowest BCUT2D eigenvalue weighted by atomic mass is 9.81. The van der Waals surface area contributed by atoms with Gasteiger partial charge in [0.25, 0.3) is 0 Å². The average Bonchev–Trinajstić information content (AvgIpc) is 2.52. The Labute approximate surface area is 134 Å². The average molecular weight is 312 g/mol. The van der Waals surface area contributed by atoms with Crippen molar-refractivity contribution in [3.05, 3.63) is 0 Å². The summed E-state index contributed by atoms with van der Waals surface area (Å²) in [6.07, 6.45) is 9.69. The number of rotatable bonds is 10. The molecule has 4 nitrogen and oxygen atoms in total. The van der Waals surface area contributed by atoms with E-state index in [1.165, 1.54) is 19.3 Å². The molecule has 0 heterocycles. The minimum absolute atomic E-state index is 0.178. The molecule has 0 saturated heterocycles. The lowest BCUT2D eigenvalue weighted by Crippen LogP contribution is -2.29. The first-order chi connectivity index (χ1) is 10.6. The van der Waals surface area contributed by atoms with Crippen LogP contribution >= 0.6 is 0 Å². The molecule has 0 amide bonds. The molecule has 128 valence electrons. The molecule has 1 saturated carbocycles. The third kappa shape index (κ3) is 6.80. The second-order valence-electron chi connectivity index (χ2n) is 6.68. The van der Waals surface area contributed by atoms with Gasteiger partial charge in [0.1, 0.15) is 0 Å². The van der Waals surface area contributed by atoms with E-state index < -0.39 is 5.97 Å². The van der Waals surface area contributed by atoms with Crippen LogP contribution < -0.4 is 0 Å². The van der Waals surface area contributed by atoms with Gasteiger partial charge < -0.3 is 9.84 Å². The molecule has 4 heteroatoms. The van der Waals surface area contributed by atoms with Crippen molar-refractivity contribution >= 4 is 11.9 Å². The van der Waals surface area contributed by atoms with E-state index in [4.69, 9.17) is 9.84 Å². The molecular weight excluding hydrogens is 280 g/mol. The van der Waals surface area contributed by atoms with Crippen molar-refractivity contribution in [2.75, 3.05) is 6.61 Å². The summed E-state index contributed by atoms with van der Waals surface area (Å²) < 4.78 is 5.52. The molecule has 0 aromatic rings. The first-order valence-corrected chi connectivity index (χ1v) is 8.97. The monoisotopic (exact) mass is 312 g/mol. The van der Waals surface area contributed by atoms with E-state index in [9.17, 15) is 9.59 Å². The van der Waals surface area contributed by atoms with Crippen molar-refractivity contribution in [2.45, 2.75) is 78.1 Å². The van der Waals surface area contributed by atoms with Crippen LogP contribution in [-0.4, -0.2) is 23.7 Å². The molecule has 0 aliphatic heterocycles. The Morgan fingerprint density at radius 2 is 1.82 bits per heavy atom. The van der Waals surface area contributed by atoms with Gasteiger partial charge in [-0.25, -0.2) is 0 Å². The minimum atomic E-state index is -0.777. The second kappa shape index (κ2) is 10.6. The number of unbranched alkanes of at least 4 members (excludes halogenated alkanes) is 2. The molecular formula is C18H32O4. The van der Waals surface area contributed by atoms with E-state index >= 15 is 0 Å². The zero-order valence-electron chi connectivity index (χ0n) is 14.2. The van der Waals surface area contributed by atoms with Crippen molar-refractivity contribution in [2.24, 2.45) is 17.8 Å². The maximum Gasteiger partial charge on any atom is 0.308 e. The second-order valence-corrected chi connectivity index (χ2v) is 6.68. The molecule has 0 bridgehead atoms. The van der Waals surface area contributed by atoms with Gasteiger partial charge in [0, 0.05) is 0 Å². The predicted molar refractivity (Wildman–Crippen MR) is 86.6 cm³/mol. The van der Waals surface area contributed by atoms with Gasteiger partial charge in [-0.3, -0.25) is 9.59 Å². The zero-order chi connectivity index (χ0) is 16.4. The number of ether oxygens (including phenoxy) is 1. The van der Waals surface area contributed by atoms with Crippen LogP contribution in [0.4, 0.5) is 0 Å². The molecule has 1 N–H and O–H groups in total. The van der Waals surface area contributed by atoms with Crippen LogP contribution in [-0.2, 0) is 14.3 Å². The number of carbonyl (C=O) groups excluding carboxylic acids is 1. The van der Waals surface area contributed by atoms with Crippen molar-refractivity contribution in [1.29, 1.82) is 0 Å². The number of carboxylic acid groups (broad SMARTS) is 1. The number of hydrogen-bond donors (Lipinski definition) is 1. The molecule has 1 aliphatic carbocycles. The highest BCUT2D eigenvalue weighted by atomic mass is 16.5. The van der Waals surface area contributed by atoms with Gasteiger partial charge >= 0.3 is 11.9 Å². The number of carbonyl (C=O) groups is 2. The summed E-state index contributed by atoms with van der Waals surface area (Å²) in [6.45, 7) is 4.86. The molecule has 1 aliphatic rings. The Morgan fingerprint density at radius 1 is 1.09 bits per heavy atom. The van der Waals surface area contributed by atoms with Crippen LogP contribution in [0.15, 0.2) is 0 Å². The fraction of sp³-hybridized carbons (Fsp3) is 0.889. The van der Waals surface area contributed by atoms with Crippen molar-refractivity contribution < 1.29 is 19.4 Å². The van der Waals surface area contributed by atoms with Crippen LogP contribution in [0.3, 0.4) is 0 Å². The minimum Gasteiger partial charge on any atom is -0.481 e. The van der Waals surface area contributed by atoms with E-state index in [1.54, 1.807) is 0 Å². The standard InChI is InChI=1S/C18H32O4/c1-3-5-6-9-14(8-4-2)13-22-18(21)16-11-7-10-15(12-16)17(19)20/h14-16H,3-13H2,1-2H3,(H,19,20). The summed E-state index contributed by atoms with van der Waals surface area (Å²) in [5.41, 5.74) is 0. The van der Waals surface area contributed by atoms with Crippen LogP contribution in [0, 0.1) is 17.8 Å². The molecule has 0 aromatic carbocycles. The molecule has 22 heavy (non-hydrogen) atoms. The lowest BCUT2D eigenvalue weighted by molar-refractivity contribution is -0.153. The third-order valence-electron chi connectivity index (χ3n) is 4.73. The topological polar surface area (TPSA) is 63.6 Å². The molecule has 3 unspecified atom stereocenters. The Morgan fingerprint density at radius 3 is 2.45 bits per heavy atom. The lowest BCUT2D eigenvalue weighted by Gasteiger charge is -2.26. The fourth-order valence-corrected chi connectivity index (χ4v) is 3.35. The first-order valence-electron chi connectivity index (χ1n) is 8.97. The normalized spacial score (nSPS) is 23.0. The van der Waals surface area contributed by atoms with Crippen LogP contribution in [0.2, 0.25) is 0 Å². The van der Waals surface area contributed by atoms with Gasteiger partial charge in [0.2, 0.25) is 0 Å². The SMILES string of the molecule is CCCCCC(CCC)COC(=O)C1CCCC(C(=O)O)C1. The zero-order valence-corrected chi connectivity index (χ0v) is 14.2. The maximum absolute atomic E-state index is 12.2. The van der Waals surface area contributed by atoms with Crippen molar-refractivity contribution in [3.63, 3.8) is 0 Å². The van der Waals surface area contributed by atoms with E-state index in [0.717, 1.165) is 32.1 Å². The molecule has 0 spiro atoms. The van der Waals surface area contributed by atoms with Crippen LogP contribution in [0.1, 0.15) is 78.1 Å². The van der Waals surface area contributed by atoms with E-state index in [1.807, 2.05) is 0 Å². The van der Waals surface area contributed by atoms with Gasteiger partial charge in [-0.05, 0) is 38.0 Å². The molecule has 0 aromatic heterocycles. The Hall–Kier alpha value is -1.06. The molecule has 1 fully saturated rings. The Bertz CT molecular complexity index is 340. The molecule has 1 rings (SSSR count). The number of esters is 1. The summed E-state index contributed by atoms with van der Waals surface area (Å²) in [6, 6.07) is 0. The van der Waals surface area contributed by atoms with Crippen molar-refractivity contribution in [3.8, 4) is 0 Å². The smallest absolute Gasteiger partial charge is 0.308 e. The Kier molecular flexibility index (Phi) is 9.17. The van der Waals surface area contributed by atoms with E-state index in [2.05, 4.69) is 13.8 Å². The van der Waals surface area contributed by atoms with Gasteiger partial charge in [-0.2, -0.15) is 0 Å². The highest BCUT2D eigenvalue weighted by Gasteiger charge is 2.32. The highest BCUT2D eigenvalue weighted by molar-refractivity contribution is 5.75. The van der Waals surface area contributed by atoms with Gasteiger partial charge in [0.05, 0.1) is 18.4 Å². The molecule has 0 radical (unpaired) electrons. The first kappa shape index (κ1) is 19.0.